The zero-order valence-electron chi connectivity index (χ0n) is 10.1. The second-order valence-electron chi connectivity index (χ2n) is 3.10. The number of carbonyl (C=O) groups excluding carboxylic acids is 1. The van der Waals surface area contributed by atoms with Crippen molar-refractivity contribution in [3.05, 3.63) is 36.0 Å². The van der Waals surface area contributed by atoms with Crippen LogP contribution in [0.3, 0.4) is 0 Å². The Hall–Kier alpha value is -1.91. The van der Waals surface area contributed by atoms with Crippen molar-refractivity contribution in [1.29, 1.82) is 0 Å². The summed E-state index contributed by atoms with van der Waals surface area (Å²) < 4.78 is 9.53. The van der Waals surface area contributed by atoms with Crippen LogP contribution in [0, 0.1) is 0 Å². The van der Waals surface area contributed by atoms with Gasteiger partial charge in [0.15, 0.2) is 11.5 Å². The summed E-state index contributed by atoms with van der Waals surface area (Å²) in [7, 11) is 1.25. The van der Waals surface area contributed by atoms with E-state index in [0.717, 1.165) is 0 Å². The van der Waals surface area contributed by atoms with Crippen molar-refractivity contribution < 1.29 is 24.5 Å². The van der Waals surface area contributed by atoms with Crippen molar-refractivity contribution in [1.82, 2.24) is 0 Å². The first-order valence-electron chi connectivity index (χ1n) is 5.18. The lowest BCUT2D eigenvalue weighted by molar-refractivity contribution is -0.139. The zero-order valence-corrected chi connectivity index (χ0v) is 10.1. The number of aliphatic hydroxyl groups is 2. The molecule has 0 radical (unpaired) electrons. The molecule has 0 bridgehead atoms. The number of aliphatic hydroxyl groups excluding tert-OH is 2. The van der Waals surface area contributed by atoms with Crippen LogP contribution in [0.2, 0.25) is 0 Å². The lowest BCUT2D eigenvalue weighted by atomic mass is 10.2. The highest BCUT2D eigenvalue weighted by molar-refractivity contribution is 5.71. The quantitative estimate of drug-likeness (QED) is 0.310. The summed E-state index contributed by atoms with van der Waals surface area (Å²) in [6.07, 6.45) is 2.91. The van der Waals surface area contributed by atoms with Crippen LogP contribution in [-0.4, -0.2) is 29.9 Å². The van der Waals surface area contributed by atoms with Gasteiger partial charge < -0.3 is 19.7 Å². The molecule has 0 aromatic carbocycles. The first-order chi connectivity index (χ1) is 8.06. The van der Waals surface area contributed by atoms with Gasteiger partial charge in [0.25, 0.3) is 0 Å². The van der Waals surface area contributed by atoms with Crippen LogP contribution >= 0.6 is 0 Å². The van der Waals surface area contributed by atoms with Gasteiger partial charge in [-0.05, 0) is 6.08 Å². The van der Waals surface area contributed by atoms with Crippen LogP contribution in [0.5, 0.6) is 0 Å². The van der Waals surface area contributed by atoms with Crippen molar-refractivity contribution in [2.24, 2.45) is 0 Å². The maximum absolute atomic E-state index is 10.9. The molecule has 5 heteroatoms. The highest BCUT2D eigenvalue weighted by Crippen LogP contribution is 2.15. The molecule has 17 heavy (non-hydrogen) atoms. The molecule has 0 saturated heterocycles. The second-order valence-corrected chi connectivity index (χ2v) is 3.10. The van der Waals surface area contributed by atoms with Gasteiger partial charge in [-0.3, -0.25) is 4.79 Å². The molecule has 0 spiro atoms. The predicted molar refractivity (Wildman–Crippen MR) is 63.4 cm³/mol. The van der Waals surface area contributed by atoms with Gasteiger partial charge in [-0.2, -0.15) is 0 Å². The van der Waals surface area contributed by atoms with Crippen LogP contribution in [0.15, 0.2) is 36.0 Å². The molecule has 0 rings (SSSR count). The van der Waals surface area contributed by atoms with Crippen molar-refractivity contribution in [2.45, 2.75) is 19.8 Å². The van der Waals surface area contributed by atoms with E-state index in [1.54, 1.807) is 6.92 Å². The van der Waals surface area contributed by atoms with Gasteiger partial charge in [0.1, 0.15) is 12.4 Å². The molecule has 2 N–H and O–H groups in total. The molecule has 5 nitrogen and oxygen atoms in total. The number of allylic oxidation sites excluding steroid dienone is 1. The Morgan fingerprint density at radius 3 is 2.53 bits per heavy atom. The zero-order chi connectivity index (χ0) is 13.3. The molecule has 96 valence electrons. The molecular formula is C12H18O5. The SMILES string of the molecule is C=CCOC(=C(\O)CC)/C(O)=C\CC(=O)OC. The van der Waals surface area contributed by atoms with E-state index >= 15 is 0 Å². The molecule has 0 saturated carbocycles. The van der Waals surface area contributed by atoms with Crippen molar-refractivity contribution in [3.63, 3.8) is 0 Å². The summed E-state index contributed by atoms with van der Waals surface area (Å²) in [5.41, 5.74) is 0. The Bertz CT molecular complexity index is 328. The summed E-state index contributed by atoms with van der Waals surface area (Å²) in [5, 5.41) is 19.2. The number of hydrogen-bond donors (Lipinski definition) is 2. The standard InChI is InChI=1S/C12H18O5/c1-4-8-17-12(9(13)5-2)10(14)6-7-11(15)16-3/h4,6,13-14H,1,5,7-8H2,2-3H3/b10-6+,12-9-. The second kappa shape index (κ2) is 8.27. The number of ether oxygens (including phenoxy) is 2. The number of rotatable bonds is 7. The minimum atomic E-state index is -0.490. The van der Waals surface area contributed by atoms with Gasteiger partial charge in [-0.25, -0.2) is 0 Å². The molecule has 0 amide bonds. The monoisotopic (exact) mass is 242 g/mol. The Labute approximate surface area is 101 Å². The molecule has 0 unspecified atom stereocenters. The minimum absolute atomic E-state index is 0.0451. The van der Waals surface area contributed by atoms with E-state index in [1.807, 2.05) is 0 Å². The summed E-state index contributed by atoms with van der Waals surface area (Å²) >= 11 is 0. The Balaban J connectivity index is 4.80. The Kier molecular flexibility index (Phi) is 7.34. The largest absolute Gasteiger partial charge is 0.508 e. The molecule has 0 aromatic rings. The van der Waals surface area contributed by atoms with Gasteiger partial charge in [-0.15, -0.1) is 0 Å². The summed E-state index contributed by atoms with van der Waals surface area (Å²) in [6, 6.07) is 0. The lowest BCUT2D eigenvalue weighted by Crippen LogP contribution is -2.03. The van der Waals surface area contributed by atoms with Crippen molar-refractivity contribution in [2.75, 3.05) is 13.7 Å². The molecule has 0 fully saturated rings. The number of hydrogen-bond acceptors (Lipinski definition) is 5. The normalized spacial score (nSPS) is 12.7. The van der Waals surface area contributed by atoms with E-state index in [2.05, 4.69) is 11.3 Å². The maximum atomic E-state index is 10.9. The average Bonchev–Trinajstić information content (AvgIpc) is 2.35. The van der Waals surface area contributed by atoms with Crippen LogP contribution in [-0.2, 0) is 14.3 Å². The van der Waals surface area contributed by atoms with E-state index < -0.39 is 5.97 Å². The smallest absolute Gasteiger partial charge is 0.309 e. The maximum Gasteiger partial charge on any atom is 0.309 e. The van der Waals surface area contributed by atoms with Crippen LogP contribution in [0.25, 0.3) is 0 Å². The van der Waals surface area contributed by atoms with E-state index in [9.17, 15) is 15.0 Å². The number of carbonyl (C=O) groups is 1. The van der Waals surface area contributed by atoms with E-state index in [4.69, 9.17) is 4.74 Å². The van der Waals surface area contributed by atoms with Crippen molar-refractivity contribution >= 4 is 5.97 Å². The van der Waals surface area contributed by atoms with Crippen LogP contribution < -0.4 is 0 Å². The van der Waals surface area contributed by atoms with Gasteiger partial charge in [-0.1, -0.05) is 19.6 Å². The third-order valence-corrected chi connectivity index (χ3v) is 1.86. The van der Waals surface area contributed by atoms with Gasteiger partial charge in [0.2, 0.25) is 0 Å². The summed E-state index contributed by atoms with van der Waals surface area (Å²) in [5.74, 6) is -0.922. The number of esters is 1. The van der Waals surface area contributed by atoms with Crippen LogP contribution in [0.1, 0.15) is 19.8 Å². The predicted octanol–water partition coefficient (Wildman–Crippen LogP) is 2.37. The Morgan fingerprint density at radius 2 is 2.06 bits per heavy atom. The van der Waals surface area contributed by atoms with Crippen molar-refractivity contribution in [3.8, 4) is 0 Å². The fourth-order valence-corrected chi connectivity index (χ4v) is 0.964. The highest BCUT2D eigenvalue weighted by Gasteiger charge is 2.11. The molecule has 0 heterocycles. The third-order valence-electron chi connectivity index (χ3n) is 1.86. The molecule has 0 aliphatic heterocycles. The molecule has 0 atom stereocenters. The highest BCUT2D eigenvalue weighted by atomic mass is 16.5. The first kappa shape index (κ1) is 15.1. The van der Waals surface area contributed by atoms with E-state index in [-0.39, 0.29) is 30.3 Å². The third kappa shape index (κ3) is 5.65. The Morgan fingerprint density at radius 1 is 1.41 bits per heavy atom. The summed E-state index contributed by atoms with van der Waals surface area (Å²) in [6.45, 7) is 5.32. The molecule has 0 aromatic heterocycles. The summed E-state index contributed by atoms with van der Waals surface area (Å²) in [4.78, 5) is 10.9. The van der Waals surface area contributed by atoms with Gasteiger partial charge in [0, 0.05) is 6.42 Å². The molecular weight excluding hydrogens is 224 g/mol. The first-order valence-corrected chi connectivity index (χ1v) is 5.18. The number of methoxy groups -OCH3 is 1. The average molecular weight is 242 g/mol. The lowest BCUT2D eigenvalue weighted by Gasteiger charge is -2.10. The van der Waals surface area contributed by atoms with Gasteiger partial charge >= 0.3 is 5.97 Å². The topological polar surface area (TPSA) is 76.0 Å². The fraction of sp³-hybridized carbons (Fsp3) is 0.417. The van der Waals surface area contributed by atoms with E-state index in [0.29, 0.717) is 6.42 Å². The van der Waals surface area contributed by atoms with Crippen LogP contribution in [0.4, 0.5) is 0 Å². The molecule has 0 aliphatic rings. The minimum Gasteiger partial charge on any atom is -0.508 e. The van der Waals surface area contributed by atoms with E-state index in [1.165, 1.54) is 19.3 Å². The van der Waals surface area contributed by atoms with Gasteiger partial charge in [0.05, 0.1) is 13.5 Å². The fourth-order valence-electron chi connectivity index (χ4n) is 0.964. The molecule has 0 aliphatic carbocycles.